The van der Waals surface area contributed by atoms with Crippen molar-refractivity contribution in [3.63, 3.8) is 0 Å². The Bertz CT molecular complexity index is 954. The predicted molar refractivity (Wildman–Crippen MR) is 110 cm³/mol. The molecule has 27 heavy (non-hydrogen) atoms. The van der Waals surface area contributed by atoms with Gasteiger partial charge in [-0.1, -0.05) is 48.5 Å². The zero-order valence-electron chi connectivity index (χ0n) is 15.3. The molecule has 0 spiro atoms. The number of nitrogens with two attached hydrogens (primary N) is 2. The molecule has 2 unspecified atom stereocenters. The summed E-state index contributed by atoms with van der Waals surface area (Å²) < 4.78 is 0. The van der Waals surface area contributed by atoms with Gasteiger partial charge in [-0.2, -0.15) is 0 Å². The topological polar surface area (TPSA) is 68.2 Å². The number of nitrogens with zero attached hydrogens (tertiary/aromatic N) is 2. The summed E-state index contributed by atoms with van der Waals surface area (Å²) >= 11 is 0. The van der Waals surface area contributed by atoms with E-state index < -0.39 is 0 Å². The molecular formula is C23H24N4. The second-order valence-corrected chi connectivity index (χ2v) is 7.82. The van der Waals surface area contributed by atoms with Crippen molar-refractivity contribution in [2.75, 3.05) is 18.8 Å². The first kappa shape index (κ1) is 16.5. The largest absolute Gasteiger partial charge is 0.384 e. The van der Waals surface area contributed by atoms with E-state index >= 15 is 0 Å². The minimum atomic E-state index is 0.459. The average Bonchev–Trinajstić information content (AvgIpc) is 3.09. The van der Waals surface area contributed by atoms with Crippen LogP contribution in [0.4, 0.5) is 5.82 Å². The van der Waals surface area contributed by atoms with Crippen LogP contribution in [0, 0.1) is 11.8 Å². The van der Waals surface area contributed by atoms with Crippen molar-refractivity contribution in [1.29, 1.82) is 0 Å². The minimum Gasteiger partial charge on any atom is -0.384 e. The summed E-state index contributed by atoms with van der Waals surface area (Å²) in [7, 11) is 0. The number of hydrogen-bond acceptors (Lipinski definition) is 4. The fraction of sp³-hybridized carbons (Fsp3) is 0.261. The lowest BCUT2D eigenvalue weighted by Gasteiger charge is -2.19. The van der Waals surface area contributed by atoms with Crippen molar-refractivity contribution < 1.29 is 0 Å². The number of aromatic nitrogens is 1. The summed E-state index contributed by atoms with van der Waals surface area (Å²) in [6, 6.07) is 23.6. The van der Waals surface area contributed by atoms with E-state index in [2.05, 4.69) is 58.4 Å². The van der Waals surface area contributed by atoms with Gasteiger partial charge in [0.1, 0.15) is 5.82 Å². The molecule has 136 valence electrons. The lowest BCUT2D eigenvalue weighted by molar-refractivity contribution is 0.290. The summed E-state index contributed by atoms with van der Waals surface area (Å²) in [5.41, 5.74) is 17.7. The van der Waals surface area contributed by atoms with Gasteiger partial charge < -0.3 is 11.5 Å². The number of anilines is 1. The van der Waals surface area contributed by atoms with Crippen LogP contribution in [0.15, 0.2) is 66.7 Å². The van der Waals surface area contributed by atoms with Gasteiger partial charge in [0.15, 0.2) is 0 Å². The standard InChI is InChI=1S/C23H24N4/c24-22-6-2-5-21(26-22)17-9-7-16(8-10-17)18-4-1-3-15(11-18)12-27-13-19-20(14-27)23(19)25/h1-11,19-20,23H,12-14,25H2,(H2,24,26). The molecule has 1 saturated heterocycles. The average molecular weight is 356 g/mol. The highest BCUT2D eigenvalue weighted by Gasteiger charge is 2.53. The molecule has 2 aromatic carbocycles. The van der Waals surface area contributed by atoms with Gasteiger partial charge in [0, 0.05) is 31.2 Å². The summed E-state index contributed by atoms with van der Waals surface area (Å²) in [6.07, 6.45) is 0. The molecule has 2 aliphatic rings. The van der Waals surface area contributed by atoms with Crippen LogP contribution in [0.1, 0.15) is 5.56 Å². The van der Waals surface area contributed by atoms with Crippen LogP contribution in [0.3, 0.4) is 0 Å². The van der Waals surface area contributed by atoms with E-state index in [4.69, 9.17) is 11.5 Å². The summed E-state index contributed by atoms with van der Waals surface area (Å²) in [4.78, 5) is 6.93. The van der Waals surface area contributed by atoms with Crippen LogP contribution in [-0.2, 0) is 6.54 Å². The Kier molecular flexibility index (Phi) is 3.96. The van der Waals surface area contributed by atoms with Gasteiger partial charge in [0.2, 0.25) is 0 Å². The first-order valence-electron chi connectivity index (χ1n) is 9.57. The molecule has 0 amide bonds. The normalized spacial score (nSPS) is 24.0. The molecule has 3 aromatic rings. The highest BCUT2D eigenvalue weighted by molar-refractivity contribution is 5.69. The van der Waals surface area contributed by atoms with Gasteiger partial charge >= 0.3 is 0 Å². The van der Waals surface area contributed by atoms with Crippen LogP contribution < -0.4 is 11.5 Å². The monoisotopic (exact) mass is 356 g/mol. The van der Waals surface area contributed by atoms with Crippen LogP contribution in [-0.4, -0.2) is 29.0 Å². The fourth-order valence-electron chi connectivity index (χ4n) is 4.34. The van der Waals surface area contributed by atoms with Crippen molar-refractivity contribution in [1.82, 2.24) is 9.88 Å². The number of nitrogen functional groups attached to an aromatic ring is 1. The predicted octanol–water partition coefficient (Wildman–Crippen LogP) is 3.39. The van der Waals surface area contributed by atoms with E-state index in [0.29, 0.717) is 11.9 Å². The van der Waals surface area contributed by atoms with E-state index in [9.17, 15) is 0 Å². The molecule has 4 heteroatoms. The van der Waals surface area contributed by atoms with Crippen LogP contribution in [0.25, 0.3) is 22.4 Å². The van der Waals surface area contributed by atoms with Crippen LogP contribution in [0.2, 0.25) is 0 Å². The van der Waals surface area contributed by atoms with Crippen LogP contribution >= 0.6 is 0 Å². The first-order chi connectivity index (χ1) is 13.2. The van der Waals surface area contributed by atoms with Crippen molar-refractivity contribution >= 4 is 5.82 Å². The highest BCUT2D eigenvalue weighted by Crippen LogP contribution is 2.44. The number of piperidine rings is 1. The van der Waals surface area contributed by atoms with E-state index in [0.717, 1.165) is 42.7 Å². The van der Waals surface area contributed by atoms with E-state index in [-0.39, 0.29) is 0 Å². The zero-order valence-corrected chi connectivity index (χ0v) is 15.3. The van der Waals surface area contributed by atoms with E-state index in [1.54, 1.807) is 6.07 Å². The maximum atomic E-state index is 6.05. The van der Waals surface area contributed by atoms with E-state index in [1.165, 1.54) is 16.7 Å². The maximum absolute atomic E-state index is 6.05. The lowest BCUT2D eigenvalue weighted by Crippen LogP contribution is -2.27. The number of hydrogen-bond donors (Lipinski definition) is 2. The molecule has 1 saturated carbocycles. The third kappa shape index (κ3) is 3.22. The molecule has 2 atom stereocenters. The van der Waals surface area contributed by atoms with Crippen molar-refractivity contribution in [2.24, 2.45) is 17.6 Å². The van der Waals surface area contributed by atoms with Gasteiger partial charge in [0.05, 0.1) is 5.69 Å². The van der Waals surface area contributed by atoms with Crippen molar-refractivity contribution in [3.05, 3.63) is 72.3 Å². The Morgan fingerprint density at radius 2 is 1.56 bits per heavy atom. The molecule has 2 fully saturated rings. The summed E-state index contributed by atoms with van der Waals surface area (Å²) in [6.45, 7) is 3.31. The zero-order chi connectivity index (χ0) is 18.4. The second-order valence-electron chi connectivity index (χ2n) is 7.82. The van der Waals surface area contributed by atoms with Gasteiger partial charge in [-0.3, -0.25) is 4.90 Å². The molecule has 5 rings (SSSR count). The molecule has 1 aliphatic carbocycles. The number of likely N-dealkylation sites (tertiary alicyclic amines) is 1. The third-order valence-electron chi connectivity index (χ3n) is 5.95. The molecular weight excluding hydrogens is 332 g/mol. The molecule has 4 N–H and O–H groups in total. The molecule has 1 aromatic heterocycles. The summed E-state index contributed by atoms with van der Waals surface area (Å²) in [5, 5.41) is 0. The van der Waals surface area contributed by atoms with Gasteiger partial charge in [-0.05, 0) is 46.7 Å². The Labute approximate surface area is 159 Å². The lowest BCUT2D eigenvalue weighted by atomic mass is 10.0. The number of pyridine rings is 1. The molecule has 0 bridgehead atoms. The van der Waals surface area contributed by atoms with Gasteiger partial charge in [-0.15, -0.1) is 0 Å². The smallest absolute Gasteiger partial charge is 0.124 e. The first-order valence-corrected chi connectivity index (χ1v) is 9.57. The summed E-state index contributed by atoms with van der Waals surface area (Å²) in [5.74, 6) is 2.02. The highest BCUT2D eigenvalue weighted by atomic mass is 15.2. The van der Waals surface area contributed by atoms with Gasteiger partial charge in [-0.25, -0.2) is 4.98 Å². The molecule has 4 nitrogen and oxygen atoms in total. The number of rotatable bonds is 4. The number of benzene rings is 2. The Morgan fingerprint density at radius 1 is 0.852 bits per heavy atom. The Hall–Kier alpha value is -2.69. The maximum Gasteiger partial charge on any atom is 0.124 e. The minimum absolute atomic E-state index is 0.459. The SMILES string of the molecule is Nc1cccc(-c2ccc(-c3cccc(CN4CC5C(N)C5C4)c3)cc2)n1. The quantitative estimate of drug-likeness (QED) is 0.752. The number of fused-ring (bicyclic) bond motifs is 1. The molecule has 2 heterocycles. The van der Waals surface area contributed by atoms with Gasteiger partial charge in [0.25, 0.3) is 0 Å². The Balaban J connectivity index is 1.32. The Morgan fingerprint density at radius 3 is 2.30 bits per heavy atom. The third-order valence-corrected chi connectivity index (χ3v) is 5.95. The molecule has 0 radical (unpaired) electrons. The fourth-order valence-corrected chi connectivity index (χ4v) is 4.34. The van der Waals surface area contributed by atoms with Crippen molar-refractivity contribution in [3.8, 4) is 22.4 Å². The van der Waals surface area contributed by atoms with E-state index in [1.807, 2.05) is 12.1 Å². The van der Waals surface area contributed by atoms with Crippen molar-refractivity contribution in [2.45, 2.75) is 12.6 Å². The van der Waals surface area contributed by atoms with Crippen LogP contribution in [0.5, 0.6) is 0 Å². The second kappa shape index (κ2) is 6.48. The molecule has 1 aliphatic heterocycles.